The first-order valence-electron chi connectivity index (χ1n) is 12.1. The first kappa shape index (κ1) is 27.8. The number of pyridine rings is 1. The van der Waals surface area contributed by atoms with Crippen LogP contribution in [0.2, 0.25) is 0 Å². The van der Waals surface area contributed by atoms with Gasteiger partial charge in [0.1, 0.15) is 5.75 Å². The first-order chi connectivity index (χ1) is 16.6. The van der Waals surface area contributed by atoms with Crippen molar-refractivity contribution in [3.63, 3.8) is 0 Å². The van der Waals surface area contributed by atoms with Crippen molar-refractivity contribution in [3.8, 4) is 5.75 Å². The summed E-state index contributed by atoms with van der Waals surface area (Å²) in [6.45, 7) is 11.1. The van der Waals surface area contributed by atoms with Crippen LogP contribution in [-0.2, 0) is 27.5 Å². The molecule has 0 saturated heterocycles. The van der Waals surface area contributed by atoms with Gasteiger partial charge in [-0.15, -0.1) is 0 Å². The number of aromatic nitrogens is 1. The number of nitrogens with one attached hydrogen (secondary N) is 1. The molecule has 1 aliphatic rings. The second-order valence-electron chi connectivity index (χ2n) is 9.73. The highest BCUT2D eigenvalue weighted by Crippen LogP contribution is 2.34. The van der Waals surface area contributed by atoms with E-state index in [1.807, 2.05) is 13.8 Å². The number of aryl methyl sites for hydroxylation is 1. The Hall–Kier alpha value is -1.75. The normalized spacial score (nSPS) is 20.2. The monoisotopic (exact) mass is 596 g/mol. The Kier molecular flexibility index (Phi) is 9.92. The molecule has 1 N–H and O–H groups in total. The molecule has 0 amide bonds. The average Bonchev–Trinajstić information content (AvgIpc) is 2.83. The van der Waals surface area contributed by atoms with Crippen molar-refractivity contribution >= 4 is 28.7 Å². The molecule has 1 heterocycles. The lowest BCUT2D eigenvalue weighted by molar-refractivity contribution is -0.115. The zero-order valence-corrected chi connectivity index (χ0v) is 23.7. The van der Waals surface area contributed by atoms with E-state index in [0.717, 1.165) is 48.2 Å². The Balaban J connectivity index is 1.57. The third-order valence-corrected chi connectivity index (χ3v) is 7.36. The predicted octanol–water partition coefficient (Wildman–Crippen LogP) is 6.51. The topological polar surface area (TPSA) is 78.9 Å². The van der Waals surface area contributed by atoms with Crippen LogP contribution in [0, 0.1) is 17.4 Å². The lowest BCUT2D eigenvalue weighted by Crippen LogP contribution is -2.38. The molecular weight excluding hydrogens is 559 g/mol. The molecule has 192 valence electrons. The zero-order valence-electron chi connectivity index (χ0n) is 21.6. The van der Waals surface area contributed by atoms with Crippen LogP contribution in [0.25, 0.3) is 0 Å². The number of methoxy groups -OCH3 is 1. The number of hydroxylamine groups is 1. The summed E-state index contributed by atoms with van der Waals surface area (Å²) in [5.74, 6) is 0.649. The van der Waals surface area contributed by atoms with Gasteiger partial charge in [-0.1, -0.05) is 26.0 Å². The molecule has 1 aromatic heterocycles. The highest BCUT2D eigenvalue weighted by Gasteiger charge is 2.32. The number of carbonyl (C=O) groups excluding carboxylic acids is 1. The van der Waals surface area contributed by atoms with E-state index < -0.39 is 6.16 Å². The Labute approximate surface area is 222 Å². The van der Waals surface area contributed by atoms with Crippen LogP contribution in [0.1, 0.15) is 80.5 Å². The summed E-state index contributed by atoms with van der Waals surface area (Å²) in [6.07, 6.45) is 3.03. The van der Waals surface area contributed by atoms with Crippen molar-refractivity contribution in [3.05, 3.63) is 55.9 Å². The van der Waals surface area contributed by atoms with Gasteiger partial charge in [-0.3, -0.25) is 9.82 Å². The van der Waals surface area contributed by atoms with E-state index in [2.05, 4.69) is 73.1 Å². The van der Waals surface area contributed by atoms with Crippen LogP contribution in [0.15, 0.2) is 24.3 Å². The Morgan fingerprint density at radius 2 is 1.86 bits per heavy atom. The van der Waals surface area contributed by atoms with Gasteiger partial charge < -0.3 is 14.2 Å². The van der Waals surface area contributed by atoms with Crippen molar-refractivity contribution in [2.45, 2.75) is 91.1 Å². The lowest BCUT2D eigenvalue weighted by Gasteiger charge is -2.37. The molecule has 3 rings (SSSR count). The SMILES string of the molecule is COC(=O)Oc1c(C)c(C)nc(C(C)C)c1CNOC1CCC(C)(OCc2ccc(I)cc2)CC1. The first-order valence-corrected chi connectivity index (χ1v) is 13.2. The maximum Gasteiger partial charge on any atom is 0.513 e. The molecule has 0 unspecified atom stereocenters. The predicted molar refractivity (Wildman–Crippen MR) is 143 cm³/mol. The molecule has 1 fully saturated rings. The molecule has 35 heavy (non-hydrogen) atoms. The van der Waals surface area contributed by atoms with Gasteiger partial charge >= 0.3 is 6.16 Å². The fraction of sp³-hybridized carbons (Fsp3) is 0.556. The van der Waals surface area contributed by atoms with E-state index in [0.29, 0.717) is 18.9 Å². The minimum atomic E-state index is -0.743. The van der Waals surface area contributed by atoms with Crippen molar-refractivity contribution in [1.29, 1.82) is 0 Å². The van der Waals surface area contributed by atoms with Gasteiger partial charge in [0, 0.05) is 20.4 Å². The molecule has 0 atom stereocenters. The molecule has 1 saturated carbocycles. The molecule has 0 spiro atoms. The van der Waals surface area contributed by atoms with Crippen LogP contribution in [0.5, 0.6) is 5.75 Å². The summed E-state index contributed by atoms with van der Waals surface area (Å²) < 4.78 is 17.8. The summed E-state index contributed by atoms with van der Waals surface area (Å²) in [4.78, 5) is 22.7. The quantitative estimate of drug-likeness (QED) is 0.201. The molecule has 2 aromatic rings. The summed E-state index contributed by atoms with van der Waals surface area (Å²) >= 11 is 2.31. The average molecular weight is 597 g/mol. The van der Waals surface area contributed by atoms with Crippen LogP contribution in [-0.4, -0.2) is 30.0 Å². The molecule has 0 aliphatic heterocycles. The van der Waals surface area contributed by atoms with Gasteiger partial charge in [-0.2, -0.15) is 5.48 Å². The number of nitrogens with zero attached hydrogens (tertiary/aromatic N) is 1. The summed E-state index contributed by atoms with van der Waals surface area (Å²) in [5.41, 5.74) is 7.51. The molecule has 0 bridgehead atoms. The van der Waals surface area contributed by atoms with Crippen LogP contribution < -0.4 is 10.2 Å². The van der Waals surface area contributed by atoms with Gasteiger partial charge in [-0.25, -0.2) is 4.79 Å². The number of hydrogen-bond donors (Lipinski definition) is 1. The molecular formula is C27H37IN2O5. The second kappa shape index (κ2) is 12.5. The third-order valence-electron chi connectivity index (χ3n) is 6.64. The summed E-state index contributed by atoms with van der Waals surface area (Å²) in [5, 5.41) is 0. The lowest BCUT2D eigenvalue weighted by atomic mass is 9.84. The highest BCUT2D eigenvalue weighted by atomic mass is 127. The molecule has 8 heteroatoms. The number of carbonyl (C=O) groups is 1. The number of hydrogen-bond acceptors (Lipinski definition) is 7. The van der Waals surface area contributed by atoms with Crippen molar-refractivity contribution < 1.29 is 23.8 Å². The van der Waals surface area contributed by atoms with Crippen molar-refractivity contribution in [2.75, 3.05) is 7.11 Å². The third kappa shape index (κ3) is 7.62. The number of benzene rings is 1. The molecule has 1 aliphatic carbocycles. The smallest absolute Gasteiger partial charge is 0.437 e. The molecule has 7 nitrogen and oxygen atoms in total. The summed E-state index contributed by atoms with van der Waals surface area (Å²) in [6, 6.07) is 8.45. The largest absolute Gasteiger partial charge is 0.513 e. The van der Waals surface area contributed by atoms with Crippen LogP contribution in [0.3, 0.4) is 0 Å². The Bertz CT molecular complexity index is 1000. The van der Waals surface area contributed by atoms with E-state index >= 15 is 0 Å². The molecule has 0 radical (unpaired) electrons. The van der Waals surface area contributed by atoms with Gasteiger partial charge in [-0.05, 0) is 92.7 Å². The number of halogens is 1. The summed E-state index contributed by atoms with van der Waals surface area (Å²) in [7, 11) is 1.30. The fourth-order valence-electron chi connectivity index (χ4n) is 4.28. The minimum absolute atomic E-state index is 0.0944. The minimum Gasteiger partial charge on any atom is -0.437 e. The number of rotatable bonds is 9. The highest BCUT2D eigenvalue weighted by molar-refractivity contribution is 14.1. The van der Waals surface area contributed by atoms with Crippen LogP contribution in [0.4, 0.5) is 4.79 Å². The maximum absolute atomic E-state index is 11.9. The Morgan fingerprint density at radius 3 is 2.46 bits per heavy atom. The van der Waals surface area contributed by atoms with E-state index in [-0.39, 0.29) is 17.6 Å². The van der Waals surface area contributed by atoms with Crippen molar-refractivity contribution in [1.82, 2.24) is 10.5 Å². The Morgan fingerprint density at radius 1 is 1.20 bits per heavy atom. The van der Waals surface area contributed by atoms with Gasteiger partial charge in [0.05, 0.1) is 37.7 Å². The van der Waals surface area contributed by atoms with Gasteiger partial charge in [0.2, 0.25) is 0 Å². The molecule has 1 aromatic carbocycles. The van der Waals surface area contributed by atoms with E-state index in [9.17, 15) is 4.79 Å². The maximum atomic E-state index is 11.9. The van der Waals surface area contributed by atoms with Crippen molar-refractivity contribution in [2.24, 2.45) is 0 Å². The van der Waals surface area contributed by atoms with E-state index in [4.69, 9.17) is 24.0 Å². The van der Waals surface area contributed by atoms with E-state index in [1.54, 1.807) is 0 Å². The number of ether oxygens (including phenoxy) is 3. The van der Waals surface area contributed by atoms with Gasteiger partial charge in [0.25, 0.3) is 0 Å². The van der Waals surface area contributed by atoms with Crippen LogP contribution >= 0.6 is 22.6 Å². The van der Waals surface area contributed by atoms with Gasteiger partial charge in [0.15, 0.2) is 0 Å². The zero-order chi connectivity index (χ0) is 25.6. The fourth-order valence-corrected chi connectivity index (χ4v) is 4.64. The second-order valence-corrected chi connectivity index (χ2v) is 11.0. The van der Waals surface area contributed by atoms with E-state index in [1.165, 1.54) is 16.2 Å². The standard InChI is InChI=1S/C27H37IN2O5/c1-17(2)24-23(25(34-26(31)32-6)18(3)19(4)30-24)15-29-35-22-11-13-27(5,14-12-22)33-16-20-7-9-21(28)10-8-20/h7-10,17,22,29H,11-16H2,1-6H3.